The van der Waals surface area contributed by atoms with Crippen molar-refractivity contribution >= 4 is 18.9 Å². The summed E-state index contributed by atoms with van der Waals surface area (Å²) in [5.74, 6) is 0.599. The highest BCUT2D eigenvalue weighted by molar-refractivity contribution is 6.64. The lowest BCUT2D eigenvalue weighted by Crippen LogP contribution is -2.41. The van der Waals surface area contributed by atoms with Crippen molar-refractivity contribution in [3.05, 3.63) is 23.8 Å². The molecule has 0 N–H and O–H groups in total. The fourth-order valence-corrected chi connectivity index (χ4v) is 2.56. The molecule has 2 rings (SSSR count). The molecule has 1 saturated heterocycles. The Morgan fingerprint density at radius 3 is 2.36 bits per heavy atom. The van der Waals surface area contributed by atoms with E-state index in [0.29, 0.717) is 30.0 Å². The van der Waals surface area contributed by atoms with Crippen LogP contribution < -0.4 is 10.2 Å². The van der Waals surface area contributed by atoms with Crippen molar-refractivity contribution < 1.29 is 23.6 Å². The van der Waals surface area contributed by atoms with Gasteiger partial charge in [-0.25, -0.2) is 0 Å². The van der Waals surface area contributed by atoms with E-state index in [1.165, 1.54) is 0 Å². The van der Waals surface area contributed by atoms with Gasteiger partial charge >= 0.3 is 7.12 Å². The van der Waals surface area contributed by atoms with Crippen LogP contribution in [0.4, 0.5) is 0 Å². The quantitative estimate of drug-likeness (QED) is 0.390. The van der Waals surface area contributed by atoms with Crippen molar-refractivity contribution in [2.24, 2.45) is 0 Å². The lowest BCUT2D eigenvalue weighted by Gasteiger charge is -2.32. The second-order valence-electron chi connectivity index (χ2n) is 7.28. The number of benzene rings is 1. The monoisotopic (exact) mass is 348 g/mol. The molecule has 0 saturated carbocycles. The molecule has 1 aromatic carbocycles. The number of rotatable bonds is 9. The van der Waals surface area contributed by atoms with Gasteiger partial charge in [-0.05, 0) is 40.2 Å². The first kappa shape index (κ1) is 20.0. The number of hydrogen-bond acceptors (Lipinski definition) is 5. The van der Waals surface area contributed by atoms with Gasteiger partial charge in [0.05, 0.1) is 17.8 Å². The summed E-state index contributed by atoms with van der Waals surface area (Å²) in [5, 5.41) is 0. The summed E-state index contributed by atoms with van der Waals surface area (Å²) in [6.07, 6.45) is 2.96. The lowest BCUT2D eigenvalue weighted by molar-refractivity contribution is 0.00578. The average molecular weight is 348 g/mol. The van der Waals surface area contributed by atoms with E-state index in [0.717, 1.165) is 25.7 Å². The minimum Gasteiger partial charge on any atom is -0.492 e. The molecule has 1 heterocycles. The Bertz CT molecular complexity index is 569. The molecule has 138 valence electrons. The predicted octanol–water partition coefficient (Wildman–Crippen LogP) is 2.99. The fourth-order valence-electron chi connectivity index (χ4n) is 2.56. The van der Waals surface area contributed by atoms with Crippen LogP contribution in [0.2, 0.25) is 0 Å². The first-order chi connectivity index (χ1) is 11.8. The highest BCUT2D eigenvalue weighted by Crippen LogP contribution is 2.37. The standard InChI is InChI=1S/C19H29BO5/c1-6-7-11-22-12-13-23-16-10-8-9-15(14-21)17(16)20-24-18(2,3)19(4,5)25-20/h8-10,14H,6-7,11-13H2,1-5H3. The van der Waals surface area contributed by atoms with Gasteiger partial charge in [0.1, 0.15) is 18.6 Å². The van der Waals surface area contributed by atoms with Gasteiger partial charge in [-0.1, -0.05) is 25.5 Å². The summed E-state index contributed by atoms with van der Waals surface area (Å²) >= 11 is 0. The molecular formula is C19H29BO5. The number of carbonyl (C=O) groups excluding carboxylic acids is 1. The SMILES string of the molecule is CCCCOCCOc1cccc(C=O)c1B1OC(C)(C)C(C)(C)O1. The highest BCUT2D eigenvalue weighted by Gasteiger charge is 2.53. The molecule has 0 aliphatic carbocycles. The minimum absolute atomic E-state index is 0.415. The molecular weight excluding hydrogens is 319 g/mol. The maximum Gasteiger partial charge on any atom is 0.499 e. The van der Waals surface area contributed by atoms with Crippen molar-refractivity contribution in [2.75, 3.05) is 19.8 Å². The molecule has 1 aliphatic rings. The predicted molar refractivity (Wildman–Crippen MR) is 98.8 cm³/mol. The number of aldehydes is 1. The molecule has 0 amide bonds. The average Bonchev–Trinajstić information content (AvgIpc) is 2.78. The van der Waals surface area contributed by atoms with Gasteiger partial charge in [-0.3, -0.25) is 4.79 Å². The maximum atomic E-state index is 11.5. The summed E-state index contributed by atoms with van der Waals surface area (Å²) in [6.45, 7) is 11.7. The number of unbranched alkanes of at least 4 members (excludes halogenated alkanes) is 1. The maximum absolute atomic E-state index is 11.5. The van der Waals surface area contributed by atoms with Crippen molar-refractivity contribution in [1.29, 1.82) is 0 Å². The Balaban J connectivity index is 2.13. The van der Waals surface area contributed by atoms with Crippen LogP contribution in [0.1, 0.15) is 57.8 Å². The van der Waals surface area contributed by atoms with E-state index in [9.17, 15) is 4.79 Å². The molecule has 1 aliphatic heterocycles. The fraction of sp³-hybridized carbons (Fsp3) is 0.632. The van der Waals surface area contributed by atoms with Crippen LogP contribution >= 0.6 is 0 Å². The van der Waals surface area contributed by atoms with Gasteiger partial charge in [-0.2, -0.15) is 0 Å². The molecule has 25 heavy (non-hydrogen) atoms. The van der Waals surface area contributed by atoms with E-state index in [2.05, 4.69) is 6.92 Å². The van der Waals surface area contributed by atoms with Gasteiger partial charge in [0, 0.05) is 17.6 Å². The van der Waals surface area contributed by atoms with Crippen LogP contribution in [0.5, 0.6) is 5.75 Å². The van der Waals surface area contributed by atoms with Crippen molar-refractivity contribution in [3.8, 4) is 5.75 Å². The van der Waals surface area contributed by atoms with E-state index in [1.807, 2.05) is 33.8 Å². The normalized spacial score (nSPS) is 18.4. The molecule has 1 fully saturated rings. The molecule has 0 atom stereocenters. The van der Waals surface area contributed by atoms with Crippen LogP contribution in [0.3, 0.4) is 0 Å². The van der Waals surface area contributed by atoms with Crippen LogP contribution in [0.25, 0.3) is 0 Å². The Labute approximate surface area is 151 Å². The molecule has 5 nitrogen and oxygen atoms in total. The van der Waals surface area contributed by atoms with E-state index in [-0.39, 0.29) is 0 Å². The Morgan fingerprint density at radius 2 is 1.76 bits per heavy atom. The topological polar surface area (TPSA) is 54.0 Å². The lowest BCUT2D eigenvalue weighted by atomic mass is 9.75. The first-order valence-corrected chi connectivity index (χ1v) is 8.96. The molecule has 0 bridgehead atoms. The van der Waals surface area contributed by atoms with Gasteiger partial charge in [0.2, 0.25) is 0 Å². The second-order valence-corrected chi connectivity index (χ2v) is 7.28. The first-order valence-electron chi connectivity index (χ1n) is 8.96. The Hall–Kier alpha value is -1.37. The molecule has 1 aromatic rings. The van der Waals surface area contributed by atoms with Crippen LogP contribution in [-0.2, 0) is 14.0 Å². The summed E-state index contributed by atoms with van der Waals surface area (Å²) < 4.78 is 23.6. The van der Waals surface area contributed by atoms with E-state index >= 15 is 0 Å². The number of carbonyl (C=O) groups is 1. The largest absolute Gasteiger partial charge is 0.499 e. The number of ether oxygens (including phenoxy) is 2. The molecule has 0 aromatic heterocycles. The second kappa shape index (κ2) is 8.34. The third-order valence-electron chi connectivity index (χ3n) is 4.84. The number of hydrogen-bond donors (Lipinski definition) is 0. The van der Waals surface area contributed by atoms with Crippen molar-refractivity contribution in [1.82, 2.24) is 0 Å². The van der Waals surface area contributed by atoms with Gasteiger partial charge in [0.15, 0.2) is 0 Å². The van der Waals surface area contributed by atoms with Crippen LogP contribution in [0, 0.1) is 0 Å². The van der Waals surface area contributed by atoms with Crippen molar-refractivity contribution in [2.45, 2.75) is 58.7 Å². The minimum atomic E-state index is -0.637. The zero-order valence-electron chi connectivity index (χ0n) is 16.0. The molecule has 6 heteroatoms. The third kappa shape index (κ3) is 4.63. The van der Waals surface area contributed by atoms with Gasteiger partial charge < -0.3 is 18.8 Å². The highest BCUT2D eigenvalue weighted by atomic mass is 16.7. The van der Waals surface area contributed by atoms with E-state index in [1.54, 1.807) is 12.1 Å². The van der Waals surface area contributed by atoms with Crippen LogP contribution in [0.15, 0.2) is 18.2 Å². The summed E-state index contributed by atoms with van der Waals surface area (Å²) in [5.41, 5.74) is 0.204. The molecule has 0 unspecified atom stereocenters. The Kier molecular flexibility index (Phi) is 6.66. The Morgan fingerprint density at radius 1 is 1.08 bits per heavy atom. The zero-order chi connectivity index (χ0) is 18.5. The summed E-state index contributed by atoms with van der Waals surface area (Å²) in [4.78, 5) is 11.5. The van der Waals surface area contributed by atoms with Gasteiger partial charge in [0.25, 0.3) is 0 Å². The van der Waals surface area contributed by atoms with Crippen LogP contribution in [-0.4, -0.2) is 44.4 Å². The smallest absolute Gasteiger partial charge is 0.492 e. The molecule has 0 spiro atoms. The molecule has 0 radical (unpaired) electrons. The van der Waals surface area contributed by atoms with Gasteiger partial charge in [-0.15, -0.1) is 0 Å². The third-order valence-corrected chi connectivity index (χ3v) is 4.84. The van der Waals surface area contributed by atoms with E-state index < -0.39 is 18.3 Å². The van der Waals surface area contributed by atoms with E-state index in [4.69, 9.17) is 18.8 Å². The summed E-state index contributed by atoms with van der Waals surface area (Å²) in [7, 11) is -0.637. The van der Waals surface area contributed by atoms with Crippen molar-refractivity contribution in [3.63, 3.8) is 0 Å². The zero-order valence-corrected chi connectivity index (χ0v) is 16.0. The summed E-state index contributed by atoms with van der Waals surface area (Å²) in [6, 6.07) is 5.38.